The standard InChI is InChI=1S/C15H20N2O3/c1-14(2)11-5-6-17(13(19)20-4)9-15(11,3)7-10(8-16)12(14)18/h7,11H,5-6,9H2,1-4H3/t11-,15+/m1/s1. The zero-order valence-corrected chi connectivity index (χ0v) is 12.4. The molecule has 1 fully saturated rings. The highest BCUT2D eigenvalue weighted by molar-refractivity contribution is 6.04. The molecule has 0 saturated carbocycles. The van der Waals surface area contributed by atoms with E-state index in [-0.39, 0.29) is 28.8 Å². The number of allylic oxidation sites excluding steroid dienone is 1. The Morgan fingerprint density at radius 3 is 2.70 bits per heavy atom. The van der Waals surface area contributed by atoms with Gasteiger partial charge in [-0.1, -0.05) is 26.8 Å². The predicted octanol–water partition coefficient (Wildman–Crippen LogP) is 2.14. The Morgan fingerprint density at radius 2 is 2.15 bits per heavy atom. The van der Waals surface area contributed by atoms with Crippen LogP contribution in [0.5, 0.6) is 0 Å². The van der Waals surface area contributed by atoms with E-state index in [1.807, 2.05) is 26.8 Å². The fourth-order valence-corrected chi connectivity index (χ4v) is 3.82. The maximum atomic E-state index is 12.4. The number of Topliss-reactive ketones (excluding diaryl/α,β-unsaturated/α-hetero) is 1. The second kappa shape index (κ2) is 4.62. The van der Waals surface area contributed by atoms with Crippen LogP contribution in [0.25, 0.3) is 0 Å². The molecule has 0 aromatic carbocycles. The molecule has 0 N–H and O–H groups in total. The Balaban J connectivity index is 2.42. The fourth-order valence-electron chi connectivity index (χ4n) is 3.82. The molecule has 0 aromatic heterocycles. The van der Waals surface area contributed by atoms with Crippen molar-refractivity contribution in [3.8, 4) is 6.07 Å². The first kappa shape index (κ1) is 14.6. The summed E-state index contributed by atoms with van der Waals surface area (Å²) in [6.45, 7) is 6.87. The number of carbonyl (C=O) groups excluding carboxylic acids is 2. The third-order valence-corrected chi connectivity index (χ3v) is 4.74. The fraction of sp³-hybridized carbons (Fsp3) is 0.667. The average molecular weight is 276 g/mol. The Labute approximate surface area is 119 Å². The zero-order valence-electron chi connectivity index (χ0n) is 12.4. The summed E-state index contributed by atoms with van der Waals surface area (Å²) in [5, 5.41) is 9.18. The van der Waals surface area contributed by atoms with Crippen LogP contribution in [0.2, 0.25) is 0 Å². The van der Waals surface area contributed by atoms with Gasteiger partial charge in [-0.05, 0) is 12.3 Å². The first-order valence-corrected chi connectivity index (χ1v) is 6.77. The maximum Gasteiger partial charge on any atom is 0.409 e. The first-order chi connectivity index (χ1) is 9.26. The second-order valence-electron chi connectivity index (χ2n) is 6.46. The van der Waals surface area contributed by atoms with Gasteiger partial charge in [0.25, 0.3) is 0 Å². The quantitative estimate of drug-likeness (QED) is 0.679. The minimum atomic E-state index is -0.573. The summed E-state index contributed by atoms with van der Waals surface area (Å²) in [5.41, 5.74) is -0.730. The van der Waals surface area contributed by atoms with Crippen molar-refractivity contribution in [1.29, 1.82) is 5.26 Å². The number of piperidine rings is 1. The molecule has 5 heteroatoms. The maximum absolute atomic E-state index is 12.4. The van der Waals surface area contributed by atoms with Crippen molar-refractivity contribution < 1.29 is 14.3 Å². The molecule has 2 atom stereocenters. The van der Waals surface area contributed by atoms with Gasteiger partial charge in [0.15, 0.2) is 5.78 Å². The molecular formula is C15H20N2O3. The normalized spacial score (nSPS) is 31.9. The topological polar surface area (TPSA) is 70.4 Å². The molecule has 2 rings (SSSR count). The molecule has 1 aliphatic carbocycles. The molecule has 0 aromatic rings. The van der Waals surface area contributed by atoms with Gasteiger partial charge in [0.1, 0.15) is 6.07 Å². The molecule has 1 amide bonds. The Hall–Kier alpha value is -1.83. The van der Waals surface area contributed by atoms with E-state index in [1.165, 1.54) is 7.11 Å². The third kappa shape index (κ3) is 2.00. The molecule has 20 heavy (non-hydrogen) atoms. The van der Waals surface area contributed by atoms with Crippen molar-refractivity contribution in [3.05, 3.63) is 11.6 Å². The number of nitriles is 1. The lowest BCUT2D eigenvalue weighted by Gasteiger charge is -2.52. The summed E-state index contributed by atoms with van der Waals surface area (Å²) >= 11 is 0. The summed E-state index contributed by atoms with van der Waals surface area (Å²) in [7, 11) is 1.36. The first-order valence-electron chi connectivity index (χ1n) is 6.77. The Bertz CT molecular complexity index is 530. The average Bonchev–Trinajstić information content (AvgIpc) is 2.41. The minimum absolute atomic E-state index is 0.0889. The number of fused-ring (bicyclic) bond motifs is 1. The molecule has 1 aliphatic heterocycles. The third-order valence-electron chi connectivity index (χ3n) is 4.74. The molecular weight excluding hydrogens is 256 g/mol. The van der Waals surface area contributed by atoms with Gasteiger partial charge in [0.05, 0.1) is 12.7 Å². The van der Waals surface area contributed by atoms with Gasteiger partial charge in [-0.2, -0.15) is 5.26 Å². The summed E-state index contributed by atoms with van der Waals surface area (Å²) in [6, 6.07) is 2.00. The van der Waals surface area contributed by atoms with Crippen LogP contribution in [0.4, 0.5) is 4.79 Å². The summed E-state index contributed by atoms with van der Waals surface area (Å²) in [5.74, 6) is 0.0366. The Morgan fingerprint density at radius 1 is 1.50 bits per heavy atom. The molecule has 108 valence electrons. The number of carbonyl (C=O) groups is 2. The van der Waals surface area contributed by atoms with Crippen LogP contribution in [0.3, 0.4) is 0 Å². The lowest BCUT2D eigenvalue weighted by Crippen LogP contribution is -2.56. The monoisotopic (exact) mass is 276 g/mol. The molecule has 0 spiro atoms. The number of hydrogen-bond donors (Lipinski definition) is 0. The van der Waals surface area contributed by atoms with E-state index in [9.17, 15) is 14.9 Å². The van der Waals surface area contributed by atoms with Gasteiger partial charge in [-0.3, -0.25) is 4.79 Å². The van der Waals surface area contributed by atoms with Gasteiger partial charge in [-0.25, -0.2) is 4.79 Å². The highest BCUT2D eigenvalue weighted by atomic mass is 16.5. The van der Waals surface area contributed by atoms with Crippen molar-refractivity contribution in [2.75, 3.05) is 20.2 Å². The van der Waals surface area contributed by atoms with Gasteiger partial charge < -0.3 is 9.64 Å². The molecule has 0 unspecified atom stereocenters. The van der Waals surface area contributed by atoms with Gasteiger partial charge in [0, 0.05) is 23.9 Å². The summed E-state index contributed by atoms with van der Waals surface area (Å²) in [6.07, 6.45) is 2.13. The van der Waals surface area contributed by atoms with Crippen molar-refractivity contribution in [3.63, 3.8) is 0 Å². The second-order valence-corrected chi connectivity index (χ2v) is 6.46. The SMILES string of the molecule is COC(=O)N1CC[C@@H]2C(C)(C)C(=O)C(C#N)=C[C@@]2(C)C1. The Kier molecular flexibility index (Phi) is 3.37. The number of rotatable bonds is 0. The van der Waals surface area contributed by atoms with Gasteiger partial charge in [-0.15, -0.1) is 0 Å². The van der Waals surface area contributed by atoms with E-state index >= 15 is 0 Å². The molecule has 2 aliphatic rings. The van der Waals surface area contributed by atoms with E-state index in [0.29, 0.717) is 13.1 Å². The molecule has 0 radical (unpaired) electrons. The molecule has 1 saturated heterocycles. The van der Waals surface area contributed by atoms with Crippen molar-refractivity contribution in [2.24, 2.45) is 16.7 Å². The van der Waals surface area contributed by atoms with Crippen LogP contribution in [0, 0.1) is 28.1 Å². The largest absolute Gasteiger partial charge is 0.453 e. The van der Waals surface area contributed by atoms with Crippen LogP contribution >= 0.6 is 0 Å². The van der Waals surface area contributed by atoms with E-state index in [4.69, 9.17) is 4.74 Å². The predicted molar refractivity (Wildman–Crippen MR) is 72.7 cm³/mol. The number of likely N-dealkylation sites (tertiary alicyclic amines) is 1. The van der Waals surface area contributed by atoms with Crippen LogP contribution in [0.1, 0.15) is 27.2 Å². The van der Waals surface area contributed by atoms with E-state index in [2.05, 4.69) is 0 Å². The lowest BCUT2D eigenvalue weighted by atomic mass is 9.55. The highest BCUT2D eigenvalue weighted by Gasteiger charge is 2.53. The number of nitrogens with zero attached hydrogens (tertiary/aromatic N) is 2. The molecule has 1 heterocycles. The highest BCUT2D eigenvalue weighted by Crippen LogP contribution is 2.51. The number of ketones is 1. The summed E-state index contributed by atoms with van der Waals surface area (Å²) in [4.78, 5) is 25.7. The van der Waals surface area contributed by atoms with Gasteiger partial charge in [0.2, 0.25) is 0 Å². The van der Waals surface area contributed by atoms with Crippen LogP contribution in [-0.4, -0.2) is 37.0 Å². The lowest BCUT2D eigenvalue weighted by molar-refractivity contribution is -0.131. The van der Waals surface area contributed by atoms with Crippen molar-refractivity contribution >= 4 is 11.9 Å². The minimum Gasteiger partial charge on any atom is -0.453 e. The molecule has 0 bridgehead atoms. The zero-order chi connectivity index (χ0) is 15.1. The van der Waals surface area contributed by atoms with E-state index in [0.717, 1.165) is 6.42 Å². The van der Waals surface area contributed by atoms with E-state index in [1.54, 1.807) is 11.0 Å². The number of methoxy groups -OCH3 is 1. The van der Waals surface area contributed by atoms with Gasteiger partial charge >= 0.3 is 6.09 Å². The van der Waals surface area contributed by atoms with Crippen LogP contribution < -0.4 is 0 Å². The smallest absolute Gasteiger partial charge is 0.409 e. The number of hydrogen-bond acceptors (Lipinski definition) is 4. The summed E-state index contributed by atoms with van der Waals surface area (Å²) < 4.78 is 4.78. The number of ether oxygens (including phenoxy) is 1. The van der Waals surface area contributed by atoms with Crippen molar-refractivity contribution in [2.45, 2.75) is 27.2 Å². The van der Waals surface area contributed by atoms with Crippen molar-refractivity contribution in [1.82, 2.24) is 4.90 Å². The molecule has 5 nitrogen and oxygen atoms in total. The van der Waals surface area contributed by atoms with Crippen LogP contribution in [0.15, 0.2) is 11.6 Å². The number of amides is 1. The van der Waals surface area contributed by atoms with Crippen LogP contribution in [-0.2, 0) is 9.53 Å². The van der Waals surface area contributed by atoms with E-state index < -0.39 is 5.41 Å².